The number of pyridine rings is 1. The van der Waals surface area contributed by atoms with Crippen molar-refractivity contribution in [3.05, 3.63) is 58.3 Å². The van der Waals surface area contributed by atoms with Crippen molar-refractivity contribution in [1.82, 2.24) is 14.7 Å². The molecule has 1 aromatic carbocycles. The maximum Gasteiger partial charge on any atom is 0.286 e. The summed E-state index contributed by atoms with van der Waals surface area (Å²) in [5, 5.41) is 13.7. The molecule has 1 aliphatic heterocycles. The standard InChI is InChI=1S/C17H15N5O2/c1-10-16-14(7-15(23)22(24)17(16)20-9-19-10)18-8-12-6-11-4-2-3-5-13(11)21-12/h2-5,7,9,18,24H,6,8H2,1H3. The van der Waals surface area contributed by atoms with Gasteiger partial charge >= 0.3 is 0 Å². The predicted molar refractivity (Wildman–Crippen MR) is 91.5 cm³/mol. The van der Waals surface area contributed by atoms with E-state index >= 15 is 0 Å². The summed E-state index contributed by atoms with van der Waals surface area (Å²) in [6.07, 6.45) is 2.11. The monoisotopic (exact) mass is 321 g/mol. The number of nitrogens with one attached hydrogen (secondary N) is 1. The van der Waals surface area contributed by atoms with E-state index in [9.17, 15) is 10.0 Å². The molecule has 120 valence electrons. The summed E-state index contributed by atoms with van der Waals surface area (Å²) in [5.41, 5.74) is 4.11. The van der Waals surface area contributed by atoms with Crippen LogP contribution in [0.3, 0.4) is 0 Å². The Balaban J connectivity index is 1.67. The van der Waals surface area contributed by atoms with Gasteiger partial charge in [0.25, 0.3) is 5.56 Å². The van der Waals surface area contributed by atoms with E-state index in [1.54, 1.807) is 0 Å². The number of nitrogens with zero attached hydrogens (tertiary/aromatic N) is 4. The molecule has 3 aromatic rings. The fourth-order valence-corrected chi connectivity index (χ4v) is 2.94. The molecule has 0 radical (unpaired) electrons. The van der Waals surface area contributed by atoms with E-state index in [0.717, 1.165) is 17.8 Å². The maximum atomic E-state index is 11.9. The summed E-state index contributed by atoms with van der Waals surface area (Å²) in [7, 11) is 0. The third-order valence-electron chi connectivity index (χ3n) is 4.11. The van der Waals surface area contributed by atoms with Crippen molar-refractivity contribution in [2.24, 2.45) is 4.99 Å². The molecule has 7 heteroatoms. The maximum absolute atomic E-state index is 11.9. The Morgan fingerprint density at radius 1 is 1.29 bits per heavy atom. The second-order valence-corrected chi connectivity index (χ2v) is 5.70. The van der Waals surface area contributed by atoms with Crippen molar-refractivity contribution in [3.63, 3.8) is 0 Å². The van der Waals surface area contributed by atoms with E-state index in [1.165, 1.54) is 18.0 Å². The molecule has 0 saturated carbocycles. The van der Waals surface area contributed by atoms with Gasteiger partial charge in [-0.2, -0.15) is 0 Å². The topological polar surface area (TPSA) is 92.4 Å². The minimum absolute atomic E-state index is 0.189. The average molecular weight is 321 g/mol. The van der Waals surface area contributed by atoms with Gasteiger partial charge in [-0.15, -0.1) is 4.73 Å². The highest BCUT2D eigenvalue weighted by Crippen LogP contribution is 2.27. The van der Waals surface area contributed by atoms with Crippen LogP contribution in [0.15, 0.2) is 46.4 Å². The van der Waals surface area contributed by atoms with Crippen LogP contribution in [-0.4, -0.2) is 32.2 Å². The molecule has 0 fully saturated rings. The molecule has 24 heavy (non-hydrogen) atoms. The van der Waals surface area contributed by atoms with E-state index in [4.69, 9.17) is 0 Å². The molecule has 0 unspecified atom stereocenters. The predicted octanol–water partition coefficient (Wildman–Crippen LogP) is 2.08. The summed E-state index contributed by atoms with van der Waals surface area (Å²) in [6.45, 7) is 2.32. The van der Waals surface area contributed by atoms with Gasteiger partial charge in [0.2, 0.25) is 0 Å². The van der Waals surface area contributed by atoms with Crippen molar-refractivity contribution < 1.29 is 5.21 Å². The summed E-state index contributed by atoms with van der Waals surface area (Å²) in [5.74, 6) is 0. The highest BCUT2D eigenvalue weighted by Gasteiger charge is 2.16. The summed E-state index contributed by atoms with van der Waals surface area (Å²) in [6, 6.07) is 9.36. The van der Waals surface area contributed by atoms with Gasteiger partial charge in [0.05, 0.1) is 29.0 Å². The number of benzene rings is 1. The highest BCUT2D eigenvalue weighted by molar-refractivity contribution is 5.98. The zero-order chi connectivity index (χ0) is 16.7. The molecule has 0 spiro atoms. The Morgan fingerprint density at radius 2 is 2.12 bits per heavy atom. The van der Waals surface area contributed by atoms with Crippen LogP contribution in [0, 0.1) is 6.92 Å². The van der Waals surface area contributed by atoms with Crippen molar-refractivity contribution in [2.75, 3.05) is 11.9 Å². The van der Waals surface area contributed by atoms with Gasteiger partial charge in [-0.05, 0) is 18.6 Å². The SMILES string of the molecule is Cc1ncnc2c1c(NCC1=Nc3ccccc3C1)cc(=O)n2O. The summed E-state index contributed by atoms with van der Waals surface area (Å²) < 4.78 is 0.540. The number of anilines is 1. The lowest BCUT2D eigenvalue weighted by atomic mass is 10.1. The zero-order valence-electron chi connectivity index (χ0n) is 13.0. The van der Waals surface area contributed by atoms with Gasteiger partial charge in [0.1, 0.15) is 6.33 Å². The van der Waals surface area contributed by atoms with E-state index in [1.807, 2.05) is 25.1 Å². The molecule has 0 saturated heterocycles. The Bertz CT molecular complexity index is 1040. The molecule has 7 nitrogen and oxygen atoms in total. The molecular weight excluding hydrogens is 306 g/mol. The number of aliphatic imine (C=N–C) groups is 1. The van der Waals surface area contributed by atoms with E-state index in [0.29, 0.717) is 28.0 Å². The van der Waals surface area contributed by atoms with Crippen LogP contribution in [0.25, 0.3) is 11.0 Å². The third kappa shape index (κ3) is 2.30. The molecule has 0 aliphatic carbocycles. The number of aromatic nitrogens is 3. The van der Waals surface area contributed by atoms with Crippen LogP contribution in [0.4, 0.5) is 11.4 Å². The van der Waals surface area contributed by atoms with Crippen molar-refractivity contribution in [1.29, 1.82) is 0 Å². The minimum atomic E-state index is -0.542. The van der Waals surface area contributed by atoms with Crippen molar-refractivity contribution >= 4 is 28.1 Å². The number of hydrogen-bond acceptors (Lipinski definition) is 6. The Labute approximate surface area is 137 Å². The second-order valence-electron chi connectivity index (χ2n) is 5.70. The van der Waals surface area contributed by atoms with Gasteiger partial charge < -0.3 is 10.5 Å². The summed E-state index contributed by atoms with van der Waals surface area (Å²) in [4.78, 5) is 24.7. The molecule has 0 amide bonds. The van der Waals surface area contributed by atoms with Crippen LogP contribution in [0.5, 0.6) is 0 Å². The summed E-state index contributed by atoms with van der Waals surface area (Å²) >= 11 is 0. The smallest absolute Gasteiger partial charge is 0.286 e. The Morgan fingerprint density at radius 3 is 2.96 bits per heavy atom. The number of rotatable bonds is 3. The van der Waals surface area contributed by atoms with Gasteiger partial charge in [0.15, 0.2) is 5.65 Å². The molecule has 0 atom stereocenters. The number of aryl methyl sites for hydroxylation is 1. The average Bonchev–Trinajstić information content (AvgIpc) is 3.00. The first kappa shape index (κ1) is 14.4. The number of para-hydroxylation sites is 1. The van der Waals surface area contributed by atoms with Crippen LogP contribution >= 0.6 is 0 Å². The lowest BCUT2D eigenvalue weighted by Crippen LogP contribution is -2.21. The van der Waals surface area contributed by atoms with Gasteiger partial charge in [-0.25, -0.2) is 9.97 Å². The second kappa shape index (κ2) is 5.45. The normalized spacial score (nSPS) is 13.0. The molecule has 0 bridgehead atoms. The molecule has 1 aliphatic rings. The molecule has 2 aromatic heterocycles. The Hall–Kier alpha value is -3.22. The lowest BCUT2D eigenvalue weighted by molar-refractivity contribution is 0.186. The largest absolute Gasteiger partial charge is 0.423 e. The van der Waals surface area contributed by atoms with E-state index in [-0.39, 0.29) is 5.65 Å². The lowest BCUT2D eigenvalue weighted by Gasteiger charge is -2.11. The quantitative estimate of drug-likeness (QED) is 0.721. The van der Waals surface area contributed by atoms with Crippen LogP contribution in [0.2, 0.25) is 0 Å². The van der Waals surface area contributed by atoms with Crippen LogP contribution in [0.1, 0.15) is 11.3 Å². The highest BCUT2D eigenvalue weighted by atomic mass is 16.5. The molecule has 3 heterocycles. The van der Waals surface area contributed by atoms with E-state index < -0.39 is 5.56 Å². The fraction of sp³-hybridized carbons (Fsp3) is 0.176. The van der Waals surface area contributed by atoms with Gasteiger partial charge in [0, 0.05) is 18.2 Å². The first-order valence-electron chi connectivity index (χ1n) is 7.58. The van der Waals surface area contributed by atoms with E-state index in [2.05, 4.69) is 26.3 Å². The Kier molecular flexibility index (Phi) is 3.26. The van der Waals surface area contributed by atoms with Crippen molar-refractivity contribution in [3.8, 4) is 0 Å². The van der Waals surface area contributed by atoms with Gasteiger partial charge in [-0.1, -0.05) is 18.2 Å². The first-order valence-corrected chi connectivity index (χ1v) is 7.58. The zero-order valence-corrected chi connectivity index (χ0v) is 13.0. The number of hydrogen-bond donors (Lipinski definition) is 2. The van der Waals surface area contributed by atoms with Crippen LogP contribution in [-0.2, 0) is 6.42 Å². The van der Waals surface area contributed by atoms with Gasteiger partial charge in [-0.3, -0.25) is 9.79 Å². The molecule has 4 rings (SSSR count). The van der Waals surface area contributed by atoms with Crippen LogP contribution < -0.4 is 10.9 Å². The molecular formula is C17H15N5O2. The fourth-order valence-electron chi connectivity index (χ4n) is 2.94. The third-order valence-corrected chi connectivity index (χ3v) is 4.11. The number of fused-ring (bicyclic) bond motifs is 2. The van der Waals surface area contributed by atoms with Crippen molar-refractivity contribution in [2.45, 2.75) is 13.3 Å². The first-order chi connectivity index (χ1) is 11.6. The molecule has 2 N–H and O–H groups in total. The minimum Gasteiger partial charge on any atom is -0.423 e.